The average Bonchev–Trinajstić information content (AvgIpc) is 3.16. The van der Waals surface area contributed by atoms with Crippen LogP contribution in [0, 0.1) is 0 Å². The maximum Gasteiger partial charge on any atom is 0.214 e. The Kier molecular flexibility index (Phi) is 3.16. The van der Waals surface area contributed by atoms with Crippen LogP contribution in [0.25, 0.3) is 5.69 Å². The molecule has 0 aliphatic heterocycles. The van der Waals surface area contributed by atoms with Gasteiger partial charge in [-0.25, -0.2) is 4.68 Å². The summed E-state index contributed by atoms with van der Waals surface area (Å²) in [5.41, 5.74) is 2.07. The molecule has 0 atom stereocenters. The largest absolute Gasteiger partial charge is 0.287 e. The van der Waals surface area contributed by atoms with Crippen LogP contribution in [-0.4, -0.2) is 25.3 Å². The maximum absolute atomic E-state index is 12.4. The zero-order valence-electron chi connectivity index (χ0n) is 11.1. The smallest absolute Gasteiger partial charge is 0.214 e. The van der Waals surface area contributed by atoms with Gasteiger partial charge < -0.3 is 0 Å². The van der Waals surface area contributed by atoms with E-state index in [4.69, 9.17) is 0 Å². The van der Waals surface area contributed by atoms with Crippen LogP contribution in [0.1, 0.15) is 23.0 Å². The maximum atomic E-state index is 12.4. The van der Waals surface area contributed by atoms with Gasteiger partial charge in [0, 0.05) is 18.9 Å². The third kappa shape index (κ3) is 2.14. The lowest BCUT2D eigenvalue weighted by Gasteiger charge is -2.01. The van der Waals surface area contributed by atoms with E-state index in [0.29, 0.717) is 17.8 Å². The molecular formula is C15H14N4O. The Hall–Kier alpha value is -2.69. The van der Waals surface area contributed by atoms with Gasteiger partial charge in [-0.15, -0.1) is 0 Å². The molecule has 0 N–H and O–H groups in total. The summed E-state index contributed by atoms with van der Waals surface area (Å²) in [5.74, 6) is -0.0634. The molecule has 5 nitrogen and oxygen atoms in total. The second-order valence-corrected chi connectivity index (χ2v) is 4.37. The number of carbonyl (C=O) groups excluding carboxylic acids is 1. The second kappa shape index (κ2) is 5.13. The fourth-order valence-electron chi connectivity index (χ4n) is 2.09. The molecule has 0 aliphatic carbocycles. The number of rotatable bonds is 4. The monoisotopic (exact) mass is 266 g/mol. The standard InChI is InChI=1S/C15H14N4O/c1-2-18-14(8-9-16-18)15(20)12-10-17-19(11-12)13-6-4-3-5-7-13/h3-11H,2H2,1H3. The molecule has 3 rings (SSSR count). The fourth-order valence-corrected chi connectivity index (χ4v) is 2.09. The average molecular weight is 266 g/mol. The number of aryl methyl sites for hydroxylation is 1. The van der Waals surface area contributed by atoms with Crippen molar-refractivity contribution in [3.8, 4) is 5.69 Å². The van der Waals surface area contributed by atoms with Crippen LogP contribution in [0.4, 0.5) is 0 Å². The highest BCUT2D eigenvalue weighted by atomic mass is 16.1. The Morgan fingerprint density at radius 3 is 2.70 bits per heavy atom. The second-order valence-electron chi connectivity index (χ2n) is 4.37. The predicted octanol–water partition coefficient (Wildman–Crippen LogP) is 2.32. The van der Waals surface area contributed by atoms with E-state index in [1.807, 2.05) is 37.3 Å². The first-order chi connectivity index (χ1) is 9.79. The van der Waals surface area contributed by atoms with Gasteiger partial charge in [-0.2, -0.15) is 10.2 Å². The number of ketones is 1. The van der Waals surface area contributed by atoms with Gasteiger partial charge in [0.1, 0.15) is 5.69 Å². The van der Waals surface area contributed by atoms with Crippen molar-refractivity contribution in [3.05, 3.63) is 66.2 Å². The van der Waals surface area contributed by atoms with Crippen molar-refractivity contribution in [1.29, 1.82) is 0 Å². The summed E-state index contributed by atoms with van der Waals surface area (Å²) < 4.78 is 3.38. The van der Waals surface area contributed by atoms with Gasteiger partial charge in [0.05, 0.1) is 17.4 Å². The number of hydrogen-bond acceptors (Lipinski definition) is 3. The first-order valence-corrected chi connectivity index (χ1v) is 6.46. The Morgan fingerprint density at radius 1 is 1.15 bits per heavy atom. The highest BCUT2D eigenvalue weighted by Crippen LogP contribution is 2.12. The minimum atomic E-state index is -0.0634. The molecule has 0 saturated carbocycles. The van der Waals surface area contributed by atoms with Crippen LogP contribution >= 0.6 is 0 Å². The van der Waals surface area contributed by atoms with E-state index in [1.54, 1.807) is 34.0 Å². The Bertz CT molecular complexity index is 727. The highest BCUT2D eigenvalue weighted by Gasteiger charge is 2.15. The van der Waals surface area contributed by atoms with E-state index in [0.717, 1.165) is 5.69 Å². The zero-order valence-corrected chi connectivity index (χ0v) is 11.1. The zero-order chi connectivity index (χ0) is 13.9. The van der Waals surface area contributed by atoms with Gasteiger partial charge in [0.15, 0.2) is 0 Å². The van der Waals surface area contributed by atoms with Crippen LogP contribution in [0.3, 0.4) is 0 Å². The van der Waals surface area contributed by atoms with Crippen LogP contribution in [0.5, 0.6) is 0 Å². The van der Waals surface area contributed by atoms with Gasteiger partial charge in [-0.1, -0.05) is 18.2 Å². The number of carbonyl (C=O) groups is 1. The summed E-state index contributed by atoms with van der Waals surface area (Å²) in [5, 5.41) is 8.35. The topological polar surface area (TPSA) is 52.7 Å². The minimum Gasteiger partial charge on any atom is -0.287 e. The molecule has 0 fully saturated rings. The molecule has 0 unspecified atom stereocenters. The predicted molar refractivity (Wildman–Crippen MR) is 74.9 cm³/mol. The van der Waals surface area contributed by atoms with Crippen LogP contribution < -0.4 is 0 Å². The van der Waals surface area contributed by atoms with Crippen LogP contribution in [0.15, 0.2) is 55.0 Å². The summed E-state index contributed by atoms with van der Waals surface area (Å²) in [4.78, 5) is 12.4. The highest BCUT2D eigenvalue weighted by molar-refractivity contribution is 6.07. The molecule has 20 heavy (non-hydrogen) atoms. The summed E-state index contributed by atoms with van der Waals surface area (Å²) in [7, 11) is 0. The van der Waals surface area contributed by atoms with Crippen molar-refractivity contribution in [2.45, 2.75) is 13.5 Å². The summed E-state index contributed by atoms with van der Waals surface area (Å²) in [6.07, 6.45) is 4.96. The summed E-state index contributed by atoms with van der Waals surface area (Å²) in [6, 6.07) is 11.4. The molecule has 3 aromatic rings. The summed E-state index contributed by atoms with van der Waals surface area (Å²) in [6.45, 7) is 2.62. The Morgan fingerprint density at radius 2 is 1.95 bits per heavy atom. The van der Waals surface area contributed by atoms with Crippen molar-refractivity contribution >= 4 is 5.78 Å². The number of hydrogen-bond donors (Lipinski definition) is 0. The van der Waals surface area contributed by atoms with E-state index in [9.17, 15) is 4.79 Å². The molecule has 0 bridgehead atoms. The Balaban J connectivity index is 1.93. The van der Waals surface area contributed by atoms with E-state index >= 15 is 0 Å². The third-order valence-corrected chi connectivity index (χ3v) is 3.11. The Labute approximate surface area is 116 Å². The van der Waals surface area contributed by atoms with Crippen molar-refractivity contribution < 1.29 is 4.79 Å². The van der Waals surface area contributed by atoms with Gasteiger partial charge in [0.25, 0.3) is 0 Å². The quantitative estimate of drug-likeness (QED) is 0.681. The first-order valence-electron chi connectivity index (χ1n) is 6.46. The molecule has 1 aromatic carbocycles. The van der Waals surface area contributed by atoms with Gasteiger partial charge >= 0.3 is 0 Å². The van der Waals surface area contributed by atoms with Crippen molar-refractivity contribution in [2.24, 2.45) is 0 Å². The minimum absolute atomic E-state index is 0.0634. The summed E-state index contributed by atoms with van der Waals surface area (Å²) >= 11 is 0. The van der Waals surface area contributed by atoms with Crippen molar-refractivity contribution in [3.63, 3.8) is 0 Å². The molecule has 0 amide bonds. The molecule has 100 valence electrons. The number of para-hydroxylation sites is 1. The number of nitrogens with zero attached hydrogens (tertiary/aromatic N) is 4. The first kappa shape index (κ1) is 12.3. The van der Waals surface area contributed by atoms with E-state index in [2.05, 4.69) is 10.2 Å². The molecular weight excluding hydrogens is 252 g/mol. The normalized spacial score (nSPS) is 10.7. The molecule has 0 aliphatic rings. The van der Waals surface area contributed by atoms with Gasteiger partial charge in [-0.05, 0) is 25.1 Å². The molecule has 0 radical (unpaired) electrons. The van der Waals surface area contributed by atoms with E-state index in [-0.39, 0.29) is 5.78 Å². The van der Waals surface area contributed by atoms with Crippen molar-refractivity contribution in [2.75, 3.05) is 0 Å². The van der Waals surface area contributed by atoms with Gasteiger partial charge in [-0.3, -0.25) is 9.48 Å². The van der Waals surface area contributed by atoms with Crippen LogP contribution in [-0.2, 0) is 6.54 Å². The van der Waals surface area contributed by atoms with E-state index in [1.165, 1.54) is 0 Å². The van der Waals surface area contributed by atoms with Crippen LogP contribution in [0.2, 0.25) is 0 Å². The lowest BCUT2D eigenvalue weighted by molar-refractivity contribution is 0.102. The van der Waals surface area contributed by atoms with Gasteiger partial charge in [0.2, 0.25) is 5.78 Å². The number of aromatic nitrogens is 4. The third-order valence-electron chi connectivity index (χ3n) is 3.11. The van der Waals surface area contributed by atoms with E-state index < -0.39 is 0 Å². The number of benzene rings is 1. The molecule has 0 spiro atoms. The fraction of sp³-hybridized carbons (Fsp3) is 0.133. The SMILES string of the molecule is CCn1nccc1C(=O)c1cnn(-c2ccccc2)c1. The molecule has 5 heteroatoms. The molecule has 2 heterocycles. The lowest BCUT2D eigenvalue weighted by Crippen LogP contribution is -2.09. The molecule has 0 saturated heterocycles. The molecule has 2 aromatic heterocycles. The van der Waals surface area contributed by atoms with Crippen molar-refractivity contribution in [1.82, 2.24) is 19.6 Å². The lowest BCUT2D eigenvalue weighted by atomic mass is 10.2.